The minimum absolute atomic E-state index is 0.00617. The number of fused-ring (bicyclic) bond motifs is 1. The third-order valence-corrected chi connectivity index (χ3v) is 5.30. The number of thiophene rings is 1. The second kappa shape index (κ2) is 5.60. The highest BCUT2D eigenvalue weighted by atomic mass is 35.5. The molecular formula is C14H11ClN2OS2. The SMILES string of the molecule is Cn1c(SCc2ccccc2Cl)nc2ccsc2c1=O. The number of aromatic nitrogens is 2. The van der Waals surface area contributed by atoms with Gasteiger partial charge in [0, 0.05) is 17.8 Å². The molecule has 0 saturated heterocycles. The average Bonchev–Trinajstić information content (AvgIpc) is 2.91. The number of halogens is 1. The van der Waals surface area contributed by atoms with Crippen molar-refractivity contribution in [2.45, 2.75) is 10.9 Å². The summed E-state index contributed by atoms with van der Waals surface area (Å²) in [5.74, 6) is 0.690. The average molecular weight is 323 g/mol. The molecule has 0 radical (unpaired) electrons. The molecule has 0 amide bonds. The molecule has 0 aliphatic rings. The molecule has 0 fully saturated rings. The van der Waals surface area contributed by atoms with Crippen molar-refractivity contribution in [3.8, 4) is 0 Å². The maximum atomic E-state index is 12.2. The van der Waals surface area contributed by atoms with Crippen LogP contribution in [0.2, 0.25) is 5.02 Å². The lowest BCUT2D eigenvalue weighted by atomic mass is 10.2. The van der Waals surface area contributed by atoms with E-state index in [1.54, 1.807) is 11.6 Å². The summed E-state index contributed by atoms with van der Waals surface area (Å²) in [7, 11) is 1.75. The van der Waals surface area contributed by atoms with Crippen molar-refractivity contribution in [3.05, 3.63) is 56.7 Å². The van der Waals surface area contributed by atoms with Crippen LogP contribution in [0.3, 0.4) is 0 Å². The van der Waals surface area contributed by atoms with E-state index in [9.17, 15) is 4.79 Å². The Labute approximate surface area is 129 Å². The van der Waals surface area contributed by atoms with Gasteiger partial charge in [0.2, 0.25) is 0 Å². The fraction of sp³-hybridized carbons (Fsp3) is 0.143. The first-order valence-electron chi connectivity index (χ1n) is 5.97. The Hall–Kier alpha value is -1.30. The molecular weight excluding hydrogens is 312 g/mol. The summed E-state index contributed by atoms with van der Waals surface area (Å²) in [4.78, 5) is 16.7. The Morgan fingerprint density at radius 1 is 1.35 bits per heavy atom. The first-order valence-corrected chi connectivity index (χ1v) is 8.21. The molecule has 6 heteroatoms. The van der Waals surface area contributed by atoms with Crippen molar-refractivity contribution >= 4 is 44.9 Å². The summed E-state index contributed by atoms with van der Waals surface area (Å²) in [6.45, 7) is 0. The molecule has 3 nitrogen and oxygen atoms in total. The first kappa shape index (κ1) is 13.7. The van der Waals surface area contributed by atoms with Crippen LogP contribution in [0.25, 0.3) is 10.2 Å². The molecule has 1 aromatic carbocycles. The van der Waals surface area contributed by atoms with Crippen molar-refractivity contribution < 1.29 is 0 Å². The zero-order chi connectivity index (χ0) is 14.1. The van der Waals surface area contributed by atoms with Crippen LogP contribution >= 0.6 is 34.7 Å². The van der Waals surface area contributed by atoms with E-state index in [1.807, 2.05) is 35.7 Å². The smallest absolute Gasteiger partial charge is 0.271 e. The number of thioether (sulfide) groups is 1. The third-order valence-electron chi connectivity index (χ3n) is 2.96. The highest BCUT2D eigenvalue weighted by molar-refractivity contribution is 7.98. The number of nitrogens with zero attached hydrogens (tertiary/aromatic N) is 2. The van der Waals surface area contributed by atoms with Gasteiger partial charge in [-0.2, -0.15) is 0 Å². The maximum absolute atomic E-state index is 12.2. The number of hydrogen-bond donors (Lipinski definition) is 0. The lowest BCUT2D eigenvalue weighted by Crippen LogP contribution is -2.18. The minimum Gasteiger partial charge on any atom is -0.290 e. The van der Waals surface area contributed by atoms with E-state index in [0.29, 0.717) is 15.6 Å². The zero-order valence-corrected chi connectivity index (χ0v) is 13.1. The van der Waals surface area contributed by atoms with Crippen LogP contribution in [-0.2, 0) is 12.8 Å². The topological polar surface area (TPSA) is 34.9 Å². The summed E-state index contributed by atoms with van der Waals surface area (Å²) in [5.41, 5.74) is 1.81. The number of rotatable bonds is 3. The maximum Gasteiger partial charge on any atom is 0.271 e. The van der Waals surface area contributed by atoms with Crippen molar-refractivity contribution in [1.29, 1.82) is 0 Å². The third kappa shape index (κ3) is 2.49. The van der Waals surface area contributed by atoms with Crippen molar-refractivity contribution in [2.24, 2.45) is 7.05 Å². The Morgan fingerprint density at radius 3 is 2.95 bits per heavy atom. The van der Waals surface area contributed by atoms with Crippen LogP contribution in [0.5, 0.6) is 0 Å². The molecule has 0 unspecified atom stereocenters. The summed E-state index contributed by atoms with van der Waals surface area (Å²) in [6, 6.07) is 9.59. The highest BCUT2D eigenvalue weighted by Crippen LogP contribution is 2.26. The molecule has 102 valence electrons. The lowest BCUT2D eigenvalue weighted by Gasteiger charge is -2.07. The lowest BCUT2D eigenvalue weighted by molar-refractivity contribution is 0.728. The van der Waals surface area contributed by atoms with Gasteiger partial charge in [0.1, 0.15) is 4.70 Å². The van der Waals surface area contributed by atoms with Crippen molar-refractivity contribution in [2.75, 3.05) is 0 Å². The van der Waals surface area contributed by atoms with Crippen LogP contribution < -0.4 is 5.56 Å². The molecule has 20 heavy (non-hydrogen) atoms. The normalized spacial score (nSPS) is 11.1. The Bertz CT molecular complexity index is 825. The number of hydrogen-bond acceptors (Lipinski definition) is 4. The quantitative estimate of drug-likeness (QED) is 0.541. The van der Waals surface area contributed by atoms with E-state index in [-0.39, 0.29) is 5.56 Å². The van der Waals surface area contributed by atoms with E-state index >= 15 is 0 Å². The molecule has 2 heterocycles. The predicted octanol–water partition coefficient (Wildman–Crippen LogP) is 3.94. The second-order valence-electron chi connectivity index (χ2n) is 4.27. The second-order valence-corrected chi connectivity index (χ2v) is 6.54. The van der Waals surface area contributed by atoms with Gasteiger partial charge in [-0.05, 0) is 23.1 Å². The highest BCUT2D eigenvalue weighted by Gasteiger charge is 2.10. The van der Waals surface area contributed by atoms with Crippen LogP contribution in [0.1, 0.15) is 5.56 Å². The Kier molecular flexibility index (Phi) is 3.83. The molecule has 0 aliphatic carbocycles. The van der Waals surface area contributed by atoms with Gasteiger partial charge in [0.15, 0.2) is 5.16 Å². The first-order chi connectivity index (χ1) is 9.66. The van der Waals surface area contributed by atoms with Gasteiger partial charge in [0.25, 0.3) is 5.56 Å². The van der Waals surface area contributed by atoms with Crippen LogP contribution in [-0.4, -0.2) is 9.55 Å². The summed E-state index contributed by atoms with van der Waals surface area (Å²) >= 11 is 9.08. The van der Waals surface area contributed by atoms with Gasteiger partial charge in [-0.25, -0.2) is 4.98 Å². The van der Waals surface area contributed by atoms with Gasteiger partial charge < -0.3 is 0 Å². The van der Waals surface area contributed by atoms with Gasteiger partial charge in [-0.1, -0.05) is 41.6 Å². The Morgan fingerprint density at radius 2 is 2.15 bits per heavy atom. The van der Waals surface area contributed by atoms with Gasteiger partial charge in [-0.15, -0.1) is 11.3 Å². The molecule has 0 spiro atoms. The molecule has 0 atom stereocenters. The largest absolute Gasteiger partial charge is 0.290 e. The minimum atomic E-state index is 0.00617. The van der Waals surface area contributed by atoms with E-state index in [0.717, 1.165) is 16.1 Å². The van der Waals surface area contributed by atoms with E-state index in [4.69, 9.17) is 11.6 Å². The zero-order valence-electron chi connectivity index (χ0n) is 10.7. The molecule has 0 bridgehead atoms. The molecule has 0 N–H and O–H groups in total. The Balaban J connectivity index is 1.93. The summed E-state index contributed by atoms with van der Waals surface area (Å²) in [6.07, 6.45) is 0. The number of benzene rings is 1. The van der Waals surface area contributed by atoms with Crippen molar-refractivity contribution in [3.63, 3.8) is 0 Å². The van der Waals surface area contributed by atoms with Gasteiger partial charge >= 0.3 is 0 Å². The molecule has 0 saturated carbocycles. The molecule has 2 aromatic heterocycles. The standard InChI is InChI=1S/C14H11ClN2OS2/c1-17-13(18)12-11(6-7-19-12)16-14(17)20-8-9-4-2-3-5-10(9)15/h2-7H,8H2,1H3. The van der Waals surface area contributed by atoms with Crippen molar-refractivity contribution in [1.82, 2.24) is 9.55 Å². The van der Waals surface area contributed by atoms with E-state index < -0.39 is 0 Å². The summed E-state index contributed by atoms with van der Waals surface area (Å²) in [5, 5.41) is 3.34. The van der Waals surface area contributed by atoms with Crippen LogP contribution in [0.4, 0.5) is 0 Å². The molecule has 0 aliphatic heterocycles. The van der Waals surface area contributed by atoms with Gasteiger partial charge in [0.05, 0.1) is 5.52 Å². The van der Waals surface area contributed by atoms with Crippen LogP contribution in [0, 0.1) is 0 Å². The predicted molar refractivity (Wildman–Crippen MR) is 85.9 cm³/mol. The van der Waals surface area contributed by atoms with Gasteiger partial charge in [-0.3, -0.25) is 9.36 Å². The van der Waals surface area contributed by atoms with Crippen LogP contribution in [0.15, 0.2) is 45.7 Å². The molecule has 3 aromatic rings. The fourth-order valence-corrected chi connectivity index (χ4v) is 3.92. The summed E-state index contributed by atoms with van der Waals surface area (Å²) < 4.78 is 2.30. The molecule has 3 rings (SSSR count). The van der Waals surface area contributed by atoms with E-state index in [1.165, 1.54) is 23.1 Å². The monoisotopic (exact) mass is 322 g/mol. The fourth-order valence-electron chi connectivity index (χ4n) is 1.85. The van der Waals surface area contributed by atoms with E-state index in [2.05, 4.69) is 4.98 Å².